The molecule has 0 aliphatic carbocycles. The van der Waals surface area contributed by atoms with Crippen molar-refractivity contribution in [1.29, 1.82) is 0 Å². The Morgan fingerprint density at radius 3 is 2.42 bits per heavy atom. The lowest BCUT2D eigenvalue weighted by Crippen LogP contribution is -2.59. The molecule has 2 fully saturated rings. The van der Waals surface area contributed by atoms with Crippen LogP contribution in [0, 0.1) is 6.92 Å². The zero-order valence-corrected chi connectivity index (χ0v) is 29.7. The molecule has 5 heterocycles. The van der Waals surface area contributed by atoms with Gasteiger partial charge in [0.25, 0.3) is 0 Å². The van der Waals surface area contributed by atoms with E-state index in [4.69, 9.17) is 36.4 Å². The fraction of sp³-hybridized carbons (Fsp3) is 0.424. The van der Waals surface area contributed by atoms with Crippen LogP contribution in [0.3, 0.4) is 0 Å². The van der Waals surface area contributed by atoms with Crippen LogP contribution in [0.15, 0.2) is 36.5 Å². The van der Waals surface area contributed by atoms with Crippen LogP contribution in [0.1, 0.15) is 38.0 Å². The average molecular weight is 710 g/mol. The maximum Gasteiger partial charge on any atom is 0.337 e. The number of aliphatic carboxylic acids is 1. The molecule has 0 amide bonds. The molecular formula is C33H36ClN7O5S2. The van der Waals surface area contributed by atoms with E-state index in [0.29, 0.717) is 51.1 Å². The number of rotatable bonds is 7. The van der Waals surface area contributed by atoms with E-state index in [0.717, 1.165) is 40.3 Å². The second-order valence-corrected chi connectivity index (χ2v) is 17.0. The number of aryl methyl sites for hydroxylation is 2. The number of thiazole rings is 1. The maximum absolute atomic E-state index is 12.7. The number of hydrogen-bond acceptors (Lipinski definition) is 11. The summed E-state index contributed by atoms with van der Waals surface area (Å²) >= 11 is 7.68. The van der Waals surface area contributed by atoms with E-state index in [1.807, 2.05) is 52.9 Å². The largest absolute Gasteiger partial charge is 0.479 e. The van der Waals surface area contributed by atoms with E-state index in [1.54, 1.807) is 23.0 Å². The molecule has 252 valence electrons. The molecule has 12 nitrogen and oxygen atoms in total. The molecular weight excluding hydrogens is 674 g/mol. The van der Waals surface area contributed by atoms with Crippen LogP contribution in [0.5, 0.6) is 0 Å². The number of fused-ring (bicyclic) bond motifs is 2. The number of ether oxygens (including phenoxy) is 1. The number of nitrogens with zero attached hydrogens (tertiary/aromatic N) is 7. The first-order chi connectivity index (χ1) is 22.7. The van der Waals surface area contributed by atoms with Gasteiger partial charge in [0.15, 0.2) is 32.9 Å². The Morgan fingerprint density at radius 1 is 1.10 bits per heavy atom. The fourth-order valence-electron chi connectivity index (χ4n) is 6.52. The number of sulfone groups is 1. The molecule has 2 saturated heterocycles. The van der Waals surface area contributed by atoms with Crippen molar-refractivity contribution in [2.24, 2.45) is 7.05 Å². The van der Waals surface area contributed by atoms with Gasteiger partial charge in [0.2, 0.25) is 0 Å². The first-order valence-electron chi connectivity index (χ1n) is 15.7. The van der Waals surface area contributed by atoms with E-state index in [1.165, 1.54) is 11.3 Å². The van der Waals surface area contributed by atoms with Crippen LogP contribution < -0.4 is 4.90 Å². The molecule has 7 rings (SSSR count). The van der Waals surface area contributed by atoms with E-state index in [2.05, 4.69) is 9.80 Å². The van der Waals surface area contributed by atoms with Crippen molar-refractivity contribution in [1.82, 2.24) is 29.6 Å². The van der Waals surface area contributed by atoms with Gasteiger partial charge in [-0.3, -0.25) is 4.90 Å². The van der Waals surface area contributed by atoms with Gasteiger partial charge >= 0.3 is 5.97 Å². The van der Waals surface area contributed by atoms with Crippen molar-refractivity contribution in [3.05, 3.63) is 52.7 Å². The average Bonchev–Trinajstić information content (AvgIpc) is 3.58. The second kappa shape index (κ2) is 12.0. The quantitative estimate of drug-likeness (QED) is 0.240. The number of hydrogen-bond donors (Lipinski definition) is 1. The van der Waals surface area contributed by atoms with Gasteiger partial charge < -0.3 is 14.7 Å². The number of piperazine rings is 1. The smallest absolute Gasteiger partial charge is 0.337 e. The Morgan fingerprint density at radius 2 is 1.79 bits per heavy atom. The summed E-state index contributed by atoms with van der Waals surface area (Å²) in [5.74, 6) is 0.120. The first kappa shape index (κ1) is 32.8. The number of anilines is 1. The maximum atomic E-state index is 12.7. The van der Waals surface area contributed by atoms with E-state index < -0.39 is 27.5 Å². The molecule has 0 radical (unpaired) electrons. The van der Waals surface area contributed by atoms with Gasteiger partial charge in [0.1, 0.15) is 10.7 Å². The summed E-state index contributed by atoms with van der Waals surface area (Å²) < 4.78 is 32.1. The zero-order valence-electron chi connectivity index (χ0n) is 27.3. The van der Waals surface area contributed by atoms with Gasteiger partial charge in [-0.15, -0.1) is 11.3 Å². The topological polar surface area (TPSA) is 144 Å². The number of carbonyl (C=O) groups is 1. The molecule has 2 aliphatic heterocycles. The predicted octanol–water partition coefficient (Wildman–Crippen LogP) is 5.13. The molecule has 2 aliphatic rings. The molecule has 1 atom stereocenters. The van der Waals surface area contributed by atoms with Gasteiger partial charge in [-0.1, -0.05) is 23.7 Å². The third-order valence-electron chi connectivity index (χ3n) is 8.78. The minimum atomic E-state index is -2.88. The van der Waals surface area contributed by atoms with Gasteiger partial charge in [-0.05, 0) is 57.0 Å². The fourth-order valence-corrected chi connectivity index (χ4v) is 9.22. The normalized spacial score (nSPS) is 18.0. The number of aromatic nitrogens is 5. The van der Waals surface area contributed by atoms with Crippen LogP contribution in [0.4, 0.5) is 5.82 Å². The molecule has 1 N–H and O–H groups in total. The Kier molecular flexibility index (Phi) is 8.22. The number of carboxylic acids is 1. The highest BCUT2D eigenvalue weighted by Crippen LogP contribution is 2.44. The summed E-state index contributed by atoms with van der Waals surface area (Å²) in [5.41, 5.74) is 4.73. The SMILES string of the molecule is Cc1cc2nc(-c3cnc4c(n3)c(N3CCN(C5CS(=O)(=O)C5)CC3)nn4C)sc2c(-c2ccc(Cl)cc2)c1[C@H](OC(C)(C)C)C(=O)O. The van der Waals surface area contributed by atoms with E-state index in [9.17, 15) is 18.3 Å². The summed E-state index contributed by atoms with van der Waals surface area (Å²) in [6.07, 6.45) is 0.479. The van der Waals surface area contributed by atoms with Crippen molar-refractivity contribution in [2.75, 3.05) is 42.6 Å². The summed E-state index contributed by atoms with van der Waals surface area (Å²) in [6, 6.07) is 9.33. The molecule has 0 saturated carbocycles. The molecule has 5 aromatic rings. The summed E-state index contributed by atoms with van der Waals surface area (Å²) in [7, 11) is -1.04. The minimum Gasteiger partial charge on any atom is -0.479 e. The molecule has 0 unspecified atom stereocenters. The molecule has 48 heavy (non-hydrogen) atoms. The third-order valence-corrected chi connectivity index (χ3v) is 11.9. The zero-order chi connectivity index (χ0) is 34.1. The minimum absolute atomic E-state index is 0.0933. The number of benzene rings is 2. The standard InChI is InChI=1S/C33H36ClN7O5S2/c1-18-14-22-28(25(19-6-8-20(34)9-7-19)24(18)27(32(42)43)46-33(2,3)4)47-31(37-22)23-15-35-29-26(36-23)30(38-39(29)5)41-12-10-40(11-13-41)21-16-48(44,45)17-21/h6-9,14-15,21,27H,10-13,16-17H2,1-5H3,(H,42,43)/t27-/m0/s1. The van der Waals surface area contributed by atoms with Crippen LogP contribution >= 0.6 is 22.9 Å². The molecule has 0 spiro atoms. The van der Waals surface area contributed by atoms with Gasteiger partial charge in [-0.2, -0.15) is 5.10 Å². The van der Waals surface area contributed by atoms with Crippen molar-refractivity contribution >= 4 is 65.9 Å². The summed E-state index contributed by atoms with van der Waals surface area (Å²) in [6.45, 7) is 10.3. The molecule has 15 heteroatoms. The van der Waals surface area contributed by atoms with Crippen LogP contribution in [0.2, 0.25) is 5.02 Å². The highest BCUT2D eigenvalue weighted by atomic mass is 35.5. The number of halogens is 1. The summed E-state index contributed by atoms with van der Waals surface area (Å²) in [5, 5.41) is 16.4. The molecule has 0 bridgehead atoms. The Hall–Kier alpha value is -3.69. The number of carboxylic acid groups (broad SMARTS) is 1. The molecule has 3 aromatic heterocycles. The van der Waals surface area contributed by atoms with Gasteiger partial charge in [-0.25, -0.2) is 32.8 Å². The van der Waals surface area contributed by atoms with E-state index >= 15 is 0 Å². The Balaban J connectivity index is 1.30. The van der Waals surface area contributed by atoms with Gasteiger partial charge in [0, 0.05) is 55.4 Å². The van der Waals surface area contributed by atoms with Crippen LogP contribution in [0.25, 0.3) is 43.2 Å². The van der Waals surface area contributed by atoms with Gasteiger partial charge in [0.05, 0.1) is 33.5 Å². The lowest BCUT2D eigenvalue weighted by Gasteiger charge is -2.42. The predicted molar refractivity (Wildman–Crippen MR) is 188 cm³/mol. The highest BCUT2D eigenvalue weighted by molar-refractivity contribution is 7.92. The lowest BCUT2D eigenvalue weighted by atomic mass is 9.91. The van der Waals surface area contributed by atoms with Crippen molar-refractivity contribution in [2.45, 2.75) is 45.4 Å². The van der Waals surface area contributed by atoms with Crippen LogP contribution in [-0.2, 0) is 26.4 Å². The molecule has 2 aromatic carbocycles. The Labute approximate surface area is 287 Å². The van der Waals surface area contributed by atoms with E-state index in [-0.39, 0.29) is 17.5 Å². The first-order valence-corrected chi connectivity index (χ1v) is 18.7. The van der Waals surface area contributed by atoms with Crippen molar-refractivity contribution in [3.8, 4) is 21.8 Å². The lowest BCUT2D eigenvalue weighted by molar-refractivity contribution is -0.160. The third kappa shape index (κ3) is 6.15. The summed E-state index contributed by atoms with van der Waals surface area (Å²) in [4.78, 5) is 31.9. The van der Waals surface area contributed by atoms with Crippen molar-refractivity contribution < 1.29 is 23.1 Å². The Bertz CT molecular complexity index is 2160. The van der Waals surface area contributed by atoms with Crippen molar-refractivity contribution in [3.63, 3.8) is 0 Å². The highest BCUT2D eigenvalue weighted by Gasteiger charge is 2.39. The van der Waals surface area contributed by atoms with Crippen LogP contribution in [-0.4, -0.2) is 98.5 Å². The second-order valence-electron chi connectivity index (χ2n) is 13.4. The monoisotopic (exact) mass is 709 g/mol.